The summed E-state index contributed by atoms with van der Waals surface area (Å²) in [4.78, 5) is 15.8. The van der Waals surface area contributed by atoms with E-state index in [1.807, 2.05) is 18.2 Å². The van der Waals surface area contributed by atoms with E-state index in [9.17, 15) is 4.79 Å². The Hall–Kier alpha value is -2.20. The second kappa shape index (κ2) is 7.55. The third-order valence-corrected chi connectivity index (χ3v) is 3.62. The highest BCUT2D eigenvalue weighted by Gasteiger charge is 2.14. The normalized spacial score (nSPS) is 13.4. The average molecular weight is 283 g/mol. The van der Waals surface area contributed by atoms with Gasteiger partial charge in [0, 0.05) is 24.1 Å². The molecule has 2 rings (SSSR count). The molecule has 1 heterocycles. The lowest BCUT2D eigenvalue weighted by molar-refractivity contribution is -0.115. The van der Waals surface area contributed by atoms with Crippen molar-refractivity contribution in [1.82, 2.24) is 10.3 Å². The van der Waals surface area contributed by atoms with Crippen LogP contribution in [0.1, 0.15) is 25.3 Å². The quantitative estimate of drug-likeness (QED) is 0.857. The zero-order chi connectivity index (χ0) is 15.1. The summed E-state index contributed by atoms with van der Waals surface area (Å²) in [6.07, 6.45) is 3.31. The smallest absolute Gasteiger partial charge is 0.238 e. The number of rotatable bonds is 6. The third kappa shape index (κ3) is 4.68. The summed E-state index contributed by atoms with van der Waals surface area (Å²) in [5.74, 6) is 0.299. The minimum Gasteiger partial charge on any atom is -0.325 e. The van der Waals surface area contributed by atoms with E-state index in [2.05, 4.69) is 41.6 Å². The minimum absolute atomic E-state index is 0.0479. The molecule has 21 heavy (non-hydrogen) atoms. The van der Waals surface area contributed by atoms with Crippen LogP contribution in [0.2, 0.25) is 0 Å². The van der Waals surface area contributed by atoms with Gasteiger partial charge >= 0.3 is 0 Å². The Morgan fingerprint density at radius 3 is 2.43 bits per heavy atom. The molecule has 0 aliphatic rings. The van der Waals surface area contributed by atoms with Crippen LogP contribution in [0.3, 0.4) is 0 Å². The monoisotopic (exact) mass is 283 g/mol. The van der Waals surface area contributed by atoms with Crippen LogP contribution in [-0.4, -0.2) is 23.5 Å². The van der Waals surface area contributed by atoms with Gasteiger partial charge in [-0.2, -0.15) is 0 Å². The van der Waals surface area contributed by atoms with Gasteiger partial charge in [0.2, 0.25) is 5.91 Å². The predicted molar refractivity (Wildman–Crippen MR) is 85.2 cm³/mol. The maximum absolute atomic E-state index is 11.9. The second-order valence-electron chi connectivity index (χ2n) is 5.15. The summed E-state index contributed by atoms with van der Waals surface area (Å²) in [7, 11) is 0. The Bertz CT molecular complexity index is 557. The molecule has 2 N–H and O–H groups in total. The van der Waals surface area contributed by atoms with Crippen molar-refractivity contribution in [1.29, 1.82) is 0 Å². The summed E-state index contributed by atoms with van der Waals surface area (Å²) in [6, 6.07) is 14.1. The minimum atomic E-state index is -0.0479. The van der Waals surface area contributed by atoms with E-state index in [1.54, 1.807) is 24.5 Å². The molecular formula is C17H21N3O. The van der Waals surface area contributed by atoms with Crippen LogP contribution < -0.4 is 10.6 Å². The van der Waals surface area contributed by atoms with Crippen molar-refractivity contribution in [2.75, 3.05) is 11.9 Å². The van der Waals surface area contributed by atoms with Gasteiger partial charge in [-0.25, -0.2) is 0 Å². The topological polar surface area (TPSA) is 54.0 Å². The predicted octanol–water partition coefficient (Wildman–Crippen LogP) is 2.80. The molecule has 0 saturated heterocycles. The highest BCUT2D eigenvalue weighted by atomic mass is 16.1. The van der Waals surface area contributed by atoms with Gasteiger partial charge in [-0.05, 0) is 30.5 Å². The Morgan fingerprint density at radius 1 is 1.10 bits per heavy atom. The summed E-state index contributed by atoms with van der Waals surface area (Å²) in [5, 5.41) is 6.11. The molecule has 1 amide bonds. The molecular weight excluding hydrogens is 262 g/mol. The summed E-state index contributed by atoms with van der Waals surface area (Å²) >= 11 is 0. The molecule has 0 saturated carbocycles. The second-order valence-corrected chi connectivity index (χ2v) is 5.15. The molecule has 0 unspecified atom stereocenters. The highest BCUT2D eigenvalue weighted by Crippen LogP contribution is 2.18. The summed E-state index contributed by atoms with van der Waals surface area (Å²) in [5.41, 5.74) is 2.03. The molecule has 4 nitrogen and oxygen atoms in total. The fraction of sp³-hybridized carbons (Fsp3) is 0.294. The molecule has 2 aromatic rings. The van der Waals surface area contributed by atoms with Gasteiger partial charge in [-0.1, -0.05) is 37.3 Å². The Labute approximate surface area is 125 Å². The van der Waals surface area contributed by atoms with E-state index in [4.69, 9.17) is 0 Å². The van der Waals surface area contributed by atoms with Crippen molar-refractivity contribution in [3.63, 3.8) is 0 Å². The standard InChI is InChI=1S/C17H21N3O/c1-13(15-6-4-3-5-7-15)14(2)19-12-17(21)20-16-8-10-18-11-9-16/h3-11,13-14,19H,12H2,1-2H3,(H,18,20,21)/t13-,14+/m1/s1. The lowest BCUT2D eigenvalue weighted by Gasteiger charge is -2.21. The van der Waals surface area contributed by atoms with Gasteiger partial charge in [0.1, 0.15) is 0 Å². The summed E-state index contributed by atoms with van der Waals surface area (Å²) < 4.78 is 0. The number of nitrogens with zero attached hydrogens (tertiary/aromatic N) is 1. The molecule has 110 valence electrons. The maximum atomic E-state index is 11.9. The molecule has 0 spiro atoms. The average Bonchev–Trinajstić information content (AvgIpc) is 2.53. The number of carbonyl (C=O) groups is 1. The Balaban J connectivity index is 1.81. The molecule has 1 aromatic heterocycles. The molecule has 0 bridgehead atoms. The summed E-state index contributed by atoms with van der Waals surface area (Å²) in [6.45, 7) is 4.55. The van der Waals surface area contributed by atoms with Crippen LogP contribution in [0.25, 0.3) is 0 Å². The number of anilines is 1. The SMILES string of the molecule is C[C@H](NCC(=O)Nc1ccncc1)[C@@H](C)c1ccccc1. The maximum Gasteiger partial charge on any atom is 0.238 e. The zero-order valence-electron chi connectivity index (χ0n) is 12.4. The number of hydrogen-bond donors (Lipinski definition) is 2. The van der Waals surface area contributed by atoms with E-state index < -0.39 is 0 Å². The van der Waals surface area contributed by atoms with Gasteiger partial charge in [0.15, 0.2) is 0 Å². The van der Waals surface area contributed by atoms with Crippen LogP contribution in [0, 0.1) is 0 Å². The van der Waals surface area contributed by atoms with Crippen molar-refractivity contribution in [2.45, 2.75) is 25.8 Å². The fourth-order valence-corrected chi connectivity index (χ4v) is 2.12. The molecule has 4 heteroatoms. The van der Waals surface area contributed by atoms with Crippen LogP contribution in [-0.2, 0) is 4.79 Å². The first-order chi connectivity index (χ1) is 10.2. The van der Waals surface area contributed by atoms with Gasteiger partial charge in [-0.3, -0.25) is 9.78 Å². The first kappa shape index (κ1) is 15.2. The van der Waals surface area contributed by atoms with Gasteiger partial charge in [0.25, 0.3) is 0 Å². The first-order valence-electron chi connectivity index (χ1n) is 7.15. The Morgan fingerprint density at radius 2 is 1.76 bits per heavy atom. The molecule has 0 aliphatic carbocycles. The lowest BCUT2D eigenvalue weighted by Crippen LogP contribution is -2.37. The molecule has 1 aromatic carbocycles. The van der Waals surface area contributed by atoms with Crippen molar-refractivity contribution in [3.8, 4) is 0 Å². The molecule has 0 aliphatic heterocycles. The van der Waals surface area contributed by atoms with Crippen LogP contribution in [0.5, 0.6) is 0 Å². The number of amides is 1. The van der Waals surface area contributed by atoms with Gasteiger partial charge < -0.3 is 10.6 Å². The fourth-order valence-electron chi connectivity index (χ4n) is 2.12. The number of carbonyl (C=O) groups excluding carboxylic acids is 1. The van der Waals surface area contributed by atoms with E-state index in [0.717, 1.165) is 5.69 Å². The van der Waals surface area contributed by atoms with E-state index in [0.29, 0.717) is 12.5 Å². The van der Waals surface area contributed by atoms with Gasteiger partial charge in [0.05, 0.1) is 6.54 Å². The number of benzene rings is 1. The lowest BCUT2D eigenvalue weighted by atomic mass is 9.94. The van der Waals surface area contributed by atoms with Crippen molar-refractivity contribution in [3.05, 3.63) is 60.4 Å². The van der Waals surface area contributed by atoms with E-state index in [1.165, 1.54) is 5.56 Å². The Kier molecular flexibility index (Phi) is 5.46. The first-order valence-corrected chi connectivity index (χ1v) is 7.15. The van der Waals surface area contributed by atoms with Crippen LogP contribution in [0.4, 0.5) is 5.69 Å². The number of pyridine rings is 1. The molecule has 2 atom stereocenters. The number of nitrogens with one attached hydrogen (secondary N) is 2. The van der Waals surface area contributed by atoms with E-state index in [-0.39, 0.29) is 11.9 Å². The van der Waals surface area contributed by atoms with Crippen LogP contribution >= 0.6 is 0 Å². The van der Waals surface area contributed by atoms with Gasteiger partial charge in [-0.15, -0.1) is 0 Å². The number of hydrogen-bond acceptors (Lipinski definition) is 3. The largest absolute Gasteiger partial charge is 0.325 e. The van der Waals surface area contributed by atoms with Crippen molar-refractivity contribution >= 4 is 11.6 Å². The molecule has 0 fully saturated rings. The zero-order valence-corrected chi connectivity index (χ0v) is 12.4. The third-order valence-electron chi connectivity index (χ3n) is 3.62. The van der Waals surface area contributed by atoms with Crippen molar-refractivity contribution < 1.29 is 4.79 Å². The molecule has 0 radical (unpaired) electrons. The van der Waals surface area contributed by atoms with Crippen molar-refractivity contribution in [2.24, 2.45) is 0 Å². The highest BCUT2D eigenvalue weighted by molar-refractivity contribution is 5.92. The van der Waals surface area contributed by atoms with Crippen LogP contribution in [0.15, 0.2) is 54.9 Å². The van der Waals surface area contributed by atoms with E-state index >= 15 is 0 Å². The number of aromatic nitrogens is 1.